The summed E-state index contributed by atoms with van der Waals surface area (Å²) in [5.41, 5.74) is 6.00. The number of hydrogen-bond donors (Lipinski definition) is 1. The van der Waals surface area contributed by atoms with Crippen molar-refractivity contribution in [3.8, 4) is 0 Å². The molecule has 1 rings (SSSR count). The summed E-state index contributed by atoms with van der Waals surface area (Å²) in [5, 5.41) is 3.69. The largest absolute Gasteiger partial charge is 0.365 e. The Morgan fingerprint density at radius 2 is 2.23 bits per heavy atom. The zero-order chi connectivity index (χ0) is 10.1. The van der Waals surface area contributed by atoms with Gasteiger partial charge >= 0.3 is 0 Å². The van der Waals surface area contributed by atoms with Gasteiger partial charge in [0.2, 0.25) is 6.26 Å². The monoisotopic (exact) mass is 181 g/mol. The van der Waals surface area contributed by atoms with E-state index in [0.29, 0.717) is 12.1 Å². The van der Waals surface area contributed by atoms with Crippen molar-refractivity contribution in [3.05, 3.63) is 17.5 Å². The second kappa shape index (κ2) is 3.20. The molecule has 0 aliphatic carbocycles. The fourth-order valence-electron chi connectivity index (χ4n) is 1.04. The van der Waals surface area contributed by atoms with Gasteiger partial charge in [-0.1, -0.05) is 25.9 Å². The molecule has 4 heteroatoms. The van der Waals surface area contributed by atoms with Crippen LogP contribution in [0.25, 0.3) is 0 Å². The first kappa shape index (κ1) is 9.77. The molecule has 13 heavy (non-hydrogen) atoms. The number of primary amides is 1. The average molecular weight is 181 g/mol. The molecule has 0 aromatic carbocycles. The first-order valence-corrected chi connectivity index (χ1v) is 4.06. The molecule has 0 fully saturated rings. The second-order valence-electron chi connectivity index (χ2n) is 4.21. The molecular formula is C9H13N2O2. The van der Waals surface area contributed by atoms with E-state index in [1.165, 1.54) is 0 Å². The minimum Gasteiger partial charge on any atom is -0.365 e. The third-order valence-corrected chi connectivity index (χ3v) is 1.54. The highest BCUT2D eigenvalue weighted by Gasteiger charge is 2.20. The Hall–Kier alpha value is -1.32. The van der Waals surface area contributed by atoms with Crippen LogP contribution in [0.2, 0.25) is 0 Å². The lowest BCUT2D eigenvalue weighted by atomic mass is 9.89. The van der Waals surface area contributed by atoms with Gasteiger partial charge in [0, 0.05) is 0 Å². The van der Waals surface area contributed by atoms with Crippen molar-refractivity contribution in [2.75, 3.05) is 0 Å². The molecule has 1 radical (unpaired) electrons. The van der Waals surface area contributed by atoms with Crippen LogP contribution in [-0.4, -0.2) is 11.1 Å². The summed E-state index contributed by atoms with van der Waals surface area (Å²) in [6.07, 6.45) is 3.02. The quantitative estimate of drug-likeness (QED) is 0.744. The maximum Gasteiger partial charge on any atom is 0.254 e. The summed E-state index contributed by atoms with van der Waals surface area (Å²) in [6.45, 7) is 6.14. The number of aromatic nitrogens is 1. The van der Waals surface area contributed by atoms with Gasteiger partial charge in [-0.15, -0.1) is 0 Å². The van der Waals surface area contributed by atoms with E-state index in [0.717, 1.165) is 0 Å². The Morgan fingerprint density at radius 3 is 2.69 bits per heavy atom. The molecule has 0 aliphatic heterocycles. The van der Waals surface area contributed by atoms with Crippen LogP contribution in [-0.2, 0) is 6.42 Å². The topological polar surface area (TPSA) is 69.1 Å². The molecule has 0 bridgehead atoms. The van der Waals surface area contributed by atoms with Gasteiger partial charge < -0.3 is 10.3 Å². The zero-order valence-electron chi connectivity index (χ0n) is 8.05. The van der Waals surface area contributed by atoms with E-state index in [1.54, 1.807) is 0 Å². The van der Waals surface area contributed by atoms with Crippen LogP contribution < -0.4 is 5.73 Å². The van der Waals surface area contributed by atoms with Crippen LogP contribution >= 0.6 is 0 Å². The van der Waals surface area contributed by atoms with Crippen molar-refractivity contribution in [3.63, 3.8) is 0 Å². The first-order valence-electron chi connectivity index (χ1n) is 4.06. The van der Waals surface area contributed by atoms with Crippen molar-refractivity contribution in [2.45, 2.75) is 27.2 Å². The molecular weight excluding hydrogens is 168 g/mol. The molecule has 1 aromatic heterocycles. The lowest BCUT2D eigenvalue weighted by Crippen LogP contribution is -2.16. The maximum atomic E-state index is 10.9. The van der Waals surface area contributed by atoms with Crippen LogP contribution in [0.3, 0.4) is 0 Å². The van der Waals surface area contributed by atoms with Gasteiger partial charge in [0.1, 0.15) is 5.56 Å². The Morgan fingerprint density at radius 1 is 1.62 bits per heavy atom. The van der Waals surface area contributed by atoms with E-state index in [1.807, 2.05) is 20.8 Å². The van der Waals surface area contributed by atoms with Gasteiger partial charge in [0.15, 0.2) is 0 Å². The summed E-state index contributed by atoms with van der Waals surface area (Å²) in [6, 6.07) is 0. The lowest BCUT2D eigenvalue weighted by Gasteiger charge is -2.15. The predicted octanol–water partition coefficient (Wildman–Crippen LogP) is 1.16. The molecule has 0 unspecified atom stereocenters. The van der Waals surface area contributed by atoms with E-state index < -0.39 is 5.91 Å². The number of carbonyl (C=O) groups excluding carboxylic acids is 1. The number of carbonyl (C=O) groups is 1. The van der Waals surface area contributed by atoms with Crippen molar-refractivity contribution in [2.24, 2.45) is 11.1 Å². The third-order valence-electron chi connectivity index (χ3n) is 1.54. The highest BCUT2D eigenvalue weighted by atomic mass is 16.5. The summed E-state index contributed by atoms with van der Waals surface area (Å²) in [7, 11) is 0. The Labute approximate surface area is 77.1 Å². The van der Waals surface area contributed by atoms with Crippen LogP contribution in [0.1, 0.15) is 36.8 Å². The van der Waals surface area contributed by atoms with Gasteiger partial charge in [-0.25, -0.2) is 0 Å². The molecule has 4 nitrogen and oxygen atoms in total. The van der Waals surface area contributed by atoms with E-state index in [-0.39, 0.29) is 11.0 Å². The van der Waals surface area contributed by atoms with Gasteiger partial charge in [0.25, 0.3) is 5.91 Å². The van der Waals surface area contributed by atoms with E-state index in [9.17, 15) is 4.79 Å². The summed E-state index contributed by atoms with van der Waals surface area (Å²) >= 11 is 0. The number of hydrogen-bond acceptors (Lipinski definition) is 3. The predicted molar refractivity (Wildman–Crippen MR) is 47.0 cm³/mol. The number of amides is 1. The highest BCUT2D eigenvalue weighted by molar-refractivity contribution is 5.93. The minimum atomic E-state index is -0.541. The fraction of sp³-hybridized carbons (Fsp3) is 0.556. The highest BCUT2D eigenvalue weighted by Crippen LogP contribution is 2.21. The summed E-state index contributed by atoms with van der Waals surface area (Å²) in [4.78, 5) is 10.9. The van der Waals surface area contributed by atoms with Crippen LogP contribution in [0.4, 0.5) is 0 Å². The third kappa shape index (κ3) is 2.57. The number of rotatable bonds is 2. The van der Waals surface area contributed by atoms with Gasteiger partial charge in [-0.2, -0.15) is 0 Å². The molecule has 2 N–H and O–H groups in total. The standard InChI is InChI=1S/C9H13N2O2/c1-9(2,3)4-7-6(8(10)12)5-13-11-7/h4H2,1-3H3,(H2,10,12). The van der Waals surface area contributed by atoms with Crippen molar-refractivity contribution >= 4 is 5.91 Å². The first-order chi connectivity index (χ1) is 5.90. The van der Waals surface area contributed by atoms with Crippen LogP contribution in [0, 0.1) is 11.7 Å². The number of nitrogens with two attached hydrogens (primary N) is 1. The molecule has 71 valence electrons. The van der Waals surface area contributed by atoms with Crippen LogP contribution in [0.5, 0.6) is 0 Å². The molecule has 1 heterocycles. The summed E-state index contributed by atoms with van der Waals surface area (Å²) < 4.78 is 4.58. The van der Waals surface area contributed by atoms with Gasteiger partial charge in [0.05, 0.1) is 5.69 Å². The van der Waals surface area contributed by atoms with Crippen molar-refractivity contribution in [1.29, 1.82) is 0 Å². The Kier molecular flexibility index (Phi) is 2.40. The van der Waals surface area contributed by atoms with Crippen molar-refractivity contribution in [1.82, 2.24) is 5.16 Å². The minimum absolute atomic E-state index is 0.0505. The van der Waals surface area contributed by atoms with Crippen molar-refractivity contribution < 1.29 is 9.32 Å². The molecule has 0 spiro atoms. The molecule has 0 aliphatic rings. The molecule has 0 saturated heterocycles. The second-order valence-corrected chi connectivity index (χ2v) is 4.21. The fourth-order valence-corrected chi connectivity index (χ4v) is 1.04. The Balaban J connectivity index is 2.89. The molecule has 1 amide bonds. The van der Waals surface area contributed by atoms with E-state index in [4.69, 9.17) is 5.73 Å². The van der Waals surface area contributed by atoms with Crippen LogP contribution in [0.15, 0.2) is 4.52 Å². The summed E-state index contributed by atoms with van der Waals surface area (Å²) in [5.74, 6) is -0.541. The Bertz CT molecular complexity index is 310. The molecule has 0 saturated carbocycles. The maximum absolute atomic E-state index is 10.9. The van der Waals surface area contributed by atoms with E-state index in [2.05, 4.69) is 15.9 Å². The zero-order valence-corrected chi connectivity index (χ0v) is 8.05. The van der Waals surface area contributed by atoms with E-state index >= 15 is 0 Å². The SMILES string of the molecule is CC(C)(C)Cc1no[c]c1C(N)=O. The van der Waals surface area contributed by atoms with Gasteiger partial charge in [-0.05, 0) is 11.8 Å². The normalized spacial score (nSPS) is 11.6. The molecule has 1 aromatic rings. The average Bonchev–Trinajstić information content (AvgIpc) is 2.31. The van der Waals surface area contributed by atoms with Gasteiger partial charge in [-0.3, -0.25) is 4.79 Å². The molecule has 0 atom stereocenters. The number of nitrogens with zero attached hydrogens (tertiary/aromatic N) is 1. The lowest BCUT2D eigenvalue weighted by molar-refractivity contribution is 0.0998. The smallest absolute Gasteiger partial charge is 0.254 e.